The van der Waals surface area contributed by atoms with Crippen LogP contribution >= 0.6 is 0 Å². The van der Waals surface area contributed by atoms with Crippen molar-refractivity contribution < 1.29 is 0 Å². The van der Waals surface area contributed by atoms with Gasteiger partial charge in [-0.2, -0.15) is 0 Å². The summed E-state index contributed by atoms with van der Waals surface area (Å²) in [6.45, 7) is 14.9. The van der Waals surface area contributed by atoms with Crippen LogP contribution in [0.15, 0.2) is 170 Å². The molecule has 0 N–H and O–H groups in total. The molecule has 2 heteroatoms. The van der Waals surface area contributed by atoms with Crippen LogP contribution in [0.1, 0.15) is 60.7 Å². The minimum absolute atomic E-state index is 0.842. The number of para-hydroxylation sites is 1. The van der Waals surface area contributed by atoms with E-state index >= 15 is 0 Å². The first-order valence-electron chi connectivity index (χ1n) is 18.1. The monoisotopic (exact) mass is 672 g/mol. The number of nitrogens with zero attached hydrogens (tertiary/aromatic N) is 2. The zero-order chi connectivity index (χ0) is 36.0. The molecule has 5 aromatic rings. The number of hydrogen-bond donors (Lipinski definition) is 0. The standard InChI is InChI=1S/C48H38N2.C2H6/c1-4-15-37(27-26-36-16-7-5-8-17-36)39-19-13-22-41(32-39)49-33-48-45(31-35(3)43-24-14-25-46(43)49)44-30-34(2)42-23-12-11-18-38(42)28-29-47(44)50(48)40-20-9-6-10-21-40;1-2/h4-23,25-33H,1,3,24H2,2H3;1-2H3/b27-26?,29-28-,34-30+,37-15+,38-28?,42-34?,44-30?,45-31-,47-29?,48-33+;. The van der Waals surface area contributed by atoms with Crippen LogP contribution in [-0.2, 0) is 0 Å². The highest BCUT2D eigenvalue weighted by Gasteiger charge is 2.24. The molecule has 0 fully saturated rings. The maximum Gasteiger partial charge on any atom is 0.0707 e. The number of aromatic nitrogens is 1. The second-order valence-electron chi connectivity index (χ2n) is 12.8. The topological polar surface area (TPSA) is 8.17 Å². The van der Waals surface area contributed by atoms with Crippen molar-refractivity contribution in [1.29, 1.82) is 0 Å². The third-order valence-corrected chi connectivity index (χ3v) is 9.64. The maximum atomic E-state index is 4.67. The molecule has 0 radical (unpaired) electrons. The summed E-state index contributed by atoms with van der Waals surface area (Å²) in [5, 5.41) is 2.26. The molecule has 3 aliphatic rings. The Labute approximate surface area is 308 Å². The summed E-state index contributed by atoms with van der Waals surface area (Å²) in [5.74, 6) is 0. The van der Waals surface area contributed by atoms with Gasteiger partial charge in [0.25, 0.3) is 0 Å². The van der Waals surface area contributed by atoms with Gasteiger partial charge in [-0.25, -0.2) is 0 Å². The Hall–Kier alpha value is -6.38. The molecule has 0 atom stereocenters. The van der Waals surface area contributed by atoms with Crippen LogP contribution in [0.4, 0.5) is 5.69 Å². The Morgan fingerprint density at radius 2 is 1.50 bits per heavy atom. The van der Waals surface area contributed by atoms with Crippen molar-refractivity contribution in [2.45, 2.75) is 27.2 Å². The Morgan fingerprint density at radius 1 is 0.769 bits per heavy atom. The maximum absolute atomic E-state index is 4.67. The fourth-order valence-electron chi connectivity index (χ4n) is 7.20. The van der Waals surface area contributed by atoms with Crippen LogP contribution in [-0.4, -0.2) is 4.57 Å². The zero-order valence-corrected chi connectivity index (χ0v) is 30.3. The Bertz CT molecular complexity index is 2470. The fourth-order valence-corrected chi connectivity index (χ4v) is 7.20. The quantitative estimate of drug-likeness (QED) is 0.163. The summed E-state index contributed by atoms with van der Waals surface area (Å²) < 4.78 is 2.40. The average Bonchev–Trinajstić information content (AvgIpc) is 3.77. The van der Waals surface area contributed by atoms with Crippen molar-refractivity contribution in [1.82, 2.24) is 4.57 Å². The first-order valence-corrected chi connectivity index (χ1v) is 18.1. The lowest BCUT2D eigenvalue weighted by Crippen LogP contribution is -2.35. The molecule has 8 rings (SSSR count). The molecule has 0 saturated heterocycles. The molecule has 254 valence electrons. The van der Waals surface area contributed by atoms with Crippen molar-refractivity contribution in [3.05, 3.63) is 214 Å². The third-order valence-electron chi connectivity index (χ3n) is 9.64. The molecule has 4 aromatic carbocycles. The Kier molecular flexibility index (Phi) is 9.99. The van der Waals surface area contributed by atoms with E-state index in [4.69, 9.17) is 0 Å². The second-order valence-corrected chi connectivity index (χ2v) is 12.8. The van der Waals surface area contributed by atoms with Gasteiger partial charge < -0.3 is 9.47 Å². The largest absolute Gasteiger partial charge is 0.315 e. The van der Waals surface area contributed by atoms with Crippen LogP contribution in [0.5, 0.6) is 0 Å². The van der Waals surface area contributed by atoms with Crippen LogP contribution in [0.25, 0.3) is 53.4 Å². The van der Waals surface area contributed by atoms with Gasteiger partial charge in [-0.1, -0.05) is 148 Å². The Morgan fingerprint density at radius 3 is 2.29 bits per heavy atom. The van der Waals surface area contributed by atoms with E-state index in [9.17, 15) is 0 Å². The van der Waals surface area contributed by atoms with Gasteiger partial charge in [0, 0.05) is 34.1 Å². The summed E-state index contributed by atoms with van der Waals surface area (Å²) in [5.41, 5.74) is 15.0. The highest BCUT2D eigenvalue weighted by Crippen LogP contribution is 2.35. The van der Waals surface area contributed by atoms with Gasteiger partial charge in [-0.3, -0.25) is 0 Å². The molecule has 0 unspecified atom stereocenters. The molecule has 52 heavy (non-hydrogen) atoms. The fraction of sp³-hybridized carbons (Fsp3) is 0.0800. The molecule has 2 nitrogen and oxygen atoms in total. The lowest BCUT2D eigenvalue weighted by atomic mass is 9.95. The van der Waals surface area contributed by atoms with Crippen molar-refractivity contribution in [3.8, 4) is 5.69 Å². The van der Waals surface area contributed by atoms with Gasteiger partial charge >= 0.3 is 0 Å². The SMILES string of the molecule is C=C/C=C(\C=Cc1ccccc1)c1cccc(N2/C=c3\c(c4c(n3-c3ccccc3)/C=C\c3ccccc3/C(C)=C/4)=C/C(=C)C3=C2C=CC3)c1.CC. The van der Waals surface area contributed by atoms with Crippen LogP contribution in [0.2, 0.25) is 0 Å². The van der Waals surface area contributed by atoms with E-state index in [2.05, 4.69) is 194 Å². The lowest BCUT2D eigenvalue weighted by Gasteiger charge is -2.25. The number of rotatable bonds is 6. The van der Waals surface area contributed by atoms with E-state index in [1.54, 1.807) is 0 Å². The smallest absolute Gasteiger partial charge is 0.0707 e. The predicted molar refractivity (Wildman–Crippen MR) is 227 cm³/mol. The minimum Gasteiger partial charge on any atom is -0.315 e. The minimum atomic E-state index is 0.842. The summed E-state index contributed by atoms with van der Waals surface area (Å²) in [7, 11) is 0. The van der Waals surface area contributed by atoms with E-state index in [1.165, 1.54) is 27.8 Å². The summed E-state index contributed by atoms with van der Waals surface area (Å²) in [4.78, 5) is 2.35. The van der Waals surface area contributed by atoms with Crippen molar-refractivity contribution >= 4 is 53.4 Å². The van der Waals surface area contributed by atoms with Crippen molar-refractivity contribution in [2.75, 3.05) is 4.90 Å². The lowest BCUT2D eigenvalue weighted by molar-refractivity contribution is 1.00. The molecule has 1 aromatic heterocycles. The molecule has 0 bridgehead atoms. The number of anilines is 1. The van der Waals surface area contributed by atoms with Gasteiger partial charge in [0.1, 0.15) is 0 Å². The number of allylic oxidation sites excluding steroid dienone is 9. The molecule has 2 aliphatic carbocycles. The first kappa shape index (κ1) is 34.1. The molecular weight excluding hydrogens is 629 g/mol. The summed E-state index contributed by atoms with van der Waals surface area (Å²) in [6.07, 6.45) is 25.1. The van der Waals surface area contributed by atoms with E-state index in [-0.39, 0.29) is 0 Å². The molecular formula is C50H44N2. The first-order chi connectivity index (χ1) is 25.6. The van der Waals surface area contributed by atoms with Crippen molar-refractivity contribution in [2.24, 2.45) is 0 Å². The average molecular weight is 673 g/mol. The van der Waals surface area contributed by atoms with E-state index in [0.29, 0.717) is 0 Å². The van der Waals surface area contributed by atoms with E-state index in [0.717, 1.165) is 62.0 Å². The molecule has 0 saturated carbocycles. The van der Waals surface area contributed by atoms with Crippen molar-refractivity contribution in [3.63, 3.8) is 0 Å². The molecule has 2 heterocycles. The predicted octanol–water partition coefficient (Wildman–Crippen LogP) is 11.6. The van der Waals surface area contributed by atoms with Gasteiger partial charge in [-0.05, 0) is 106 Å². The number of benzene rings is 4. The highest BCUT2D eigenvalue weighted by molar-refractivity contribution is 5.92. The van der Waals surface area contributed by atoms with E-state index < -0.39 is 0 Å². The highest BCUT2D eigenvalue weighted by atomic mass is 15.1. The van der Waals surface area contributed by atoms with Gasteiger partial charge in [0.15, 0.2) is 0 Å². The van der Waals surface area contributed by atoms with Crippen LogP contribution in [0, 0.1) is 0 Å². The van der Waals surface area contributed by atoms with Gasteiger partial charge in [0.2, 0.25) is 0 Å². The molecule has 0 spiro atoms. The molecule has 0 amide bonds. The van der Waals surface area contributed by atoms with Crippen LogP contribution in [0.3, 0.4) is 0 Å². The third kappa shape index (κ3) is 6.59. The molecule has 1 aliphatic heterocycles. The van der Waals surface area contributed by atoms with Crippen LogP contribution < -0.4 is 15.5 Å². The number of fused-ring (bicyclic) bond motifs is 4. The van der Waals surface area contributed by atoms with E-state index in [1.807, 2.05) is 26.0 Å². The van der Waals surface area contributed by atoms with Gasteiger partial charge in [-0.15, -0.1) is 0 Å². The zero-order valence-electron chi connectivity index (χ0n) is 30.3. The second kappa shape index (κ2) is 15.2. The normalized spacial score (nSPS) is 17.6. The Balaban J connectivity index is 0.00000207. The number of hydrogen-bond acceptors (Lipinski definition) is 1. The summed E-state index contributed by atoms with van der Waals surface area (Å²) >= 11 is 0. The summed E-state index contributed by atoms with van der Waals surface area (Å²) in [6, 6.07) is 38.5. The van der Waals surface area contributed by atoms with Gasteiger partial charge in [0.05, 0.1) is 11.0 Å².